The SMILES string of the molecule is CN(c1ccccc1)C12CCCCC1c1ccccc1C2c1ccccc1. The van der Waals surface area contributed by atoms with Crippen LogP contribution in [0.25, 0.3) is 0 Å². The van der Waals surface area contributed by atoms with Crippen LogP contribution in [-0.4, -0.2) is 12.6 Å². The number of hydrogen-bond donors (Lipinski definition) is 0. The van der Waals surface area contributed by atoms with Crippen molar-refractivity contribution in [2.24, 2.45) is 0 Å². The van der Waals surface area contributed by atoms with Gasteiger partial charge in [-0.3, -0.25) is 0 Å². The molecular formula is C26H27N. The van der Waals surface area contributed by atoms with Crippen molar-refractivity contribution < 1.29 is 0 Å². The van der Waals surface area contributed by atoms with Crippen molar-refractivity contribution in [3.8, 4) is 0 Å². The van der Waals surface area contributed by atoms with E-state index in [-0.39, 0.29) is 5.54 Å². The zero-order valence-electron chi connectivity index (χ0n) is 16.0. The molecule has 1 saturated carbocycles. The predicted molar refractivity (Wildman–Crippen MR) is 114 cm³/mol. The Labute approximate surface area is 162 Å². The maximum atomic E-state index is 2.62. The summed E-state index contributed by atoms with van der Waals surface area (Å²) in [4.78, 5) is 2.62. The van der Waals surface area contributed by atoms with Crippen molar-refractivity contribution in [2.75, 3.05) is 11.9 Å². The summed E-state index contributed by atoms with van der Waals surface area (Å²) >= 11 is 0. The highest BCUT2D eigenvalue weighted by Gasteiger charge is 2.56. The lowest BCUT2D eigenvalue weighted by Crippen LogP contribution is -2.54. The quantitative estimate of drug-likeness (QED) is 0.529. The molecule has 2 aliphatic carbocycles. The van der Waals surface area contributed by atoms with E-state index in [0.29, 0.717) is 11.8 Å². The van der Waals surface area contributed by atoms with Crippen LogP contribution in [-0.2, 0) is 0 Å². The van der Waals surface area contributed by atoms with Crippen LogP contribution in [0.1, 0.15) is 54.2 Å². The smallest absolute Gasteiger partial charge is 0.0576 e. The van der Waals surface area contributed by atoms with Crippen LogP contribution >= 0.6 is 0 Å². The number of likely N-dealkylation sites (N-methyl/N-ethyl adjacent to an activating group) is 1. The monoisotopic (exact) mass is 353 g/mol. The van der Waals surface area contributed by atoms with E-state index < -0.39 is 0 Å². The average molecular weight is 354 g/mol. The van der Waals surface area contributed by atoms with E-state index in [9.17, 15) is 0 Å². The van der Waals surface area contributed by atoms with Crippen LogP contribution in [0.5, 0.6) is 0 Å². The van der Waals surface area contributed by atoms with Gasteiger partial charge in [0.15, 0.2) is 0 Å². The normalized spacial score (nSPS) is 26.3. The number of benzene rings is 3. The molecule has 136 valence electrons. The summed E-state index contributed by atoms with van der Waals surface area (Å²) in [5.41, 5.74) is 6.02. The zero-order valence-corrected chi connectivity index (χ0v) is 16.0. The van der Waals surface area contributed by atoms with Crippen LogP contribution in [0.2, 0.25) is 0 Å². The molecule has 3 unspecified atom stereocenters. The minimum Gasteiger partial charge on any atom is -0.367 e. The number of hydrogen-bond acceptors (Lipinski definition) is 1. The van der Waals surface area contributed by atoms with Crippen LogP contribution in [0, 0.1) is 0 Å². The van der Waals surface area contributed by atoms with Crippen LogP contribution in [0.3, 0.4) is 0 Å². The Morgan fingerprint density at radius 2 is 1.37 bits per heavy atom. The Hall–Kier alpha value is -2.54. The largest absolute Gasteiger partial charge is 0.367 e. The fourth-order valence-electron chi connectivity index (χ4n) is 5.91. The highest BCUT2D eigenvalue weighted by Crippen LogP contribution is 2.61. The van der Waals surface area contributed by atoms with Crippen molar-refractivity contribution in [1.82, 2.24) is 0 Å². The Morgan fingerprint density at radius 3 is 2.11 bits per heavy atom. The molecule has 3 atom stereocenters. The van der Waals surface area contributed by atoms with Gasteiger partial charge >= 0.3 is 0 Å². The van der Waals surface area contributed by atoms with Gasteiger partial charge in [0.2, 0.25) is 0 Å². The fraction of sp³-hybridized carbons (Fsp3) is 0.308. The first kappa shape index (κ1) is 16.6. The van der Waals surface area contributed by atoms with Gasteiger partial charge in [-0.25, -0.2) is 0 Å². The Balaban J connectivity index is 1.74. The van der Waals surface area contributed by atoms with E-state index in [1.807, 2.05) is 0 Å². The minimum atomic E-state index is 0.116. The second-order valence-electron chi connectivity index (χ2n) is 8.16. The van der Waals surface area contributed by atoms with Crippen LogP contribution in [0.4, 0.5) is 5.69 Å². The first-order chi connectivity index (χ1) is 13.3. The van der Waals surface area contributed by atoms with Gasteiger partial charge in [-0.15, -0.1) is 0 Å². The number of rotatable bonds is 3. The third-order valence-corrected chi connectivity index (χ3v) is 7.01. The van der Waals surface area contributed by atoms with Crippen LogP contribution < -0.4 is 4.90 Å². The summed E-state index contributed by atoms with van der Waals surface area (Å²) in [7, 11) is 2.33. The highest BCUT2D eigenvalue weighted by atomic mass is 15.2. The molecule has 0 spiro atoms. The Kier molecular flexibility index (Phi) is 4.04. The second-order valence-corrected chi connectivity index (χ2v) is 8.16. The molecule has 1 nitrogen and oxygen atoms in total. The van der Waals surface area contributed by atoms with Crippen molar-refractivity contribution in [3.63, 3.8) is 0 Å². The Morgan fingerprint density at radius 1 is 0.741 bits per heavy atom. The Bertz CT molecular complexity index is 917. The van der Waals surface area contributed by atoms with E-state index in [2.05, 4.69) is 96.9 Å². The maximum absolute atomic E-state index is 2.62. The lowest BCUT2D eigenvalue weighted by Gasteiger charge is -2.51. The highest BCUT2D eigenvalue weighted by molar-refractivity contribution is 5.59. The van der Waals surface area contributed by atoms with E-state index in [1.165, 1.54) is 36.9 Å². The van der Waals surface area contributed by atoms with Crippen molar-refractivity contribution >= 4 is 5.69 Å². The summed E-state index contributed by atoms with van der Waals surface area (Å²) in [6.07, 6.45) is 5.19. The third kappa shape index (κ3) is 2.45. The summed E-state index contributed by atoms with van der Waals surface area (Å²) in [5.74, 6) is 1.02. The van der Waals surface area contributed by atoms with Gasteiger partial charge < -0.3 is 4.90 Å². The number of para-hydroxylation sites is 1. The third-order valence-electron chi connectivity index (χ3n) is 7.01. The number of fused-ring (bicyclic) bond motifs is 3. The summed E-state index contributed by atoms with van der Waals surface area (Å²) in [6.45, 7) is 0. The molecular weight excluding hydrogens is 326 g/mol. The molecule has 3 aromatic rings. The fourth-order valence-corrected chi connectivity index (χ4v) is 5.91. The molecule has 1 fully saturated rings. The van der Waals surface area contributed by atoms with Crippen molar-refractivity contribution in [1.29, 1.82) is 0 Å². The molecule has 0 heterocycles. The molecule has 0 aromatic heterocycles. The zero-order chi connectivity index (χ0) is 18.3. The lowest BCUT2D eigenvalue weighted by molar-refractivity contribution is 0.239. The summed E-state index contributed by atoms with van der Waals surface area (Å²) in [6, 6.07) is 31.4. The van der Waals surface area contributed by atoms with E-state index in [0.717, 1.165) is 0 Å². The molecule has 3 aromatic carbocycles. The topological polar surface area (TPSA) is 3.24 Å². The minimum absolute atomic E-state index is 0.116. The van der Waals surface area contributed by atoms with E-state index in [4.69, 9.17) is 0 Å². The number of anilines is 1. The van der Waals surface area contributed by atoms with Gasteiger partial charge in [-0.2, -0.15) is 0 Å². The van der Waals surface area contributed by atoms with Gasteiger partial charge in [0, 0.05) is 24.6 Å². The molecule has 5 rings (SSSR count). The predicted octanol–water partition coefficient (Wildman–Crippen LogP) is 6.36. The molecule has 2 aliphatic rings. The van der Waals surface area contributed by atoms with Crippen molar-refractivity contribution in [2.45, 2.75) is 43.1 Å². The molecule has 1 heteroatoms. The molecule has 0 N–H and O–H groups in total. The lowest BCUT2D eigenvalue weighted by atomic mass is 9.66. The summed E-state index contributed by atoms with van der Waals surface area (Å²) < 4.78 is 0. The number of nitrogens with zero attached hydrogens (tertiary/aromatic N) is 1. The first-order valence-electron chi connectivity index (χ1n) is 10.2. The standard InChI is InChI=1S/C26H27N/c1-27(21-14-6-3-7-15-21)26-19-11-10-18-24(26)22-16-8-9-17-23(22)25(26)20-12-4-2-5-13-20/h2-9,12-17,24-25H,10-11,18-19H2,1H3. The van der Waals surface area contributed by atoms with Crippen LogP contribution in [0.15, 0.2) is 84.9 Å². The van der Waals surface area contributed by atoms with Gasteiger partial charge in [-0.1, -0.05) is 85.6 Å². The summed E-state index contributed by atoms with van der Waals surface area (Å²) in [5, 5.41) is 0. The van der Waals surface area contributed by atoms with Gasteiger partial charge in [-0.05, 0) is 41.7 Å². The molecule has 0 aliphatic heterocycles. The molecule has 0 saturated heterocycles. The van der Waals surface area contributed by atoms with Gasteiger partial charge in [0.1, 0.15) is 0 Å². The molecule has 27 heavy (non-hydrogen) atoms. The first-order valence-corrected chi connectivity index (χ1v) is 10.2. The molecule has 0 bridgehead atoms. The maximum Gasteiger partial charge on any atom is 0.0576 e. The van der Waals surface area contributed by atoms with Gasteiger partial charge in [0.25, 0.3) is 0 Å². The molecule has 0 radical (unpaired) electrons. The van der Waals surface area contributed by atoms with Crippen molar-refractivity contribution in [3.05, 3.63) is 102 Å². The second kappa shape index (κ2) is 6.56. The van der Waals surface area contributed by atoms with Gasteiger partial charge in [0.05, 0.1) is 5.54 Å². The van der Waals surface area contributed by atoms with E-state index >= 15 is 0 Å². The molecule has 0 amide bonds. The average Bonchev–Trinajstić information content (AvgIpc) is 3.06. The van der Waals surface area contributed by atoms with E-state index in [1.54, 1.807) is 11.1 Å².